The fraction of sp³-hybridized carbons (Fsp3) is 0.500. The highest BCUT2D eigenvalue weighted by molar-refractivity contribution is 5.80. The molecule has 3 aliphatic rings. The summed E-state index contributed by atoms with van der Waals surface area (Å²) >= 11 is 0. The molecule has 0 aromatic heterocycles. The lowest BCUT2D eigenvalue weighted by Gasteiger charge is -2.40. The fourth-order valence-corrected chi connectivity index (χ4v) is 4.32. The lowest BCUT2D eigenvalue weighted by molar-refractivity contribution is -0.00247. The zero-order valence-electron chi connectivity index (χ0n) is 15.0. The van der Waals surface area contributed by atoms with Crippen molar-refractivity contribution in [1.29, 1.82) is 5.26 Å². The molecule has 3 fully saturated rings. The van der Waals surface area contributed by atoms with Gasteiger partial charge in [0.15, 0.2) is 11.6 Å². The summed E-state index contributed by atoms with van der Waals surface area (Å²) in [6, 6.07) is 6.04. The molecule has 3 saturated heterocycles. The topological polar surface area (TPSA) is 56.6 Å². The van der Waals surface area contributed by atoms with Gasteiger partial charge in [-0.15, -0.1) is 0 Å². The molecule has 3 aliphatic heterocycles. The zero-order valence-corrected chi connectivity index (χ0v) is 15.0. The average Bonchev–Trinajstić information content (AvgIpc) is 2.93. The number of carbonyl (C=O) groups excluding carboxylic acids is 1. The summed E-state index contributed by atoms with van der Waals surface area (Å²) in [4.78, 5) is 16.7. The van der Waals surface area contributed by atoms with Crippen LogP contribution in [0.15, 0.2) is 23.8 Å². The molecule has 7 heteroatoms. The number of nitrogens with zero attached hydrogens (tertiary/aromatic N) is 3. The summed E-state index contributed by atoms with van der Waals surface area (Å²) in [5, 5.41) is 9.52. The van der Waals surface area contributed by atoms with Gasteiger partial charge in [0, 0.05) is 13.1 Å². The average molecular weight is 373 g/mol. The van der Waals surface area contributed by atoms with Gasteiger partial charge in [0.1, 0.15) is 0 Å². The maximum absolute atomic E-state index is 13.5. The number of halogens is 2. The van der Waals surface area contributed by atoms with Gasteiger partial charge in [-0.1, -0.05) is 6.07 Å². The van der Waals surface area contributed by atoms with Crippen LogP contribution in [0.3, 0.4) is 0 Å². The first-order chi connectivity index (χ1) is 13.1. The Bertz CT molecular complexity index is 807. The molecule has 0 aliphatic carbocycles. The number of urea groups is 1. The summed E-state index contributed by atoms with van der Waals surface area (Å²) in [6.07, 6.45) is 3.11. The van der Waals surface area contributed by atoms with Crippen LogP contribution in [-0.2, 0) is 4.74 Å². The van der Waals surface area contributed by atoms with Gasteiger partial charge in [-0.2, -0.15) is 5.26 Å². The largest absolute Gasteiger partial charge is 0.377 e. The predicted octanol–water partition coefficient (Wildman–Crippen LogP) is 3.32. The van der Waals surface area contributed by atoms with Crippen molar-refractivity contribution < 1.29 is 18.3 Å². The number of likely N-dealkylation sites (tertiary alicyclic amines) is 1. The monoisotopic (exact) mass is 373 g/mol. The van der Waals surface area contributed by atoms with Gasteiger partial charge < -0.3 is 14.5 Å². The second kappa shape index (κ2) is 7.28. The van der Waals surface area contributed by atoms with E-state index in [1.165, 1.54) is 6.07 Å². The Morgan fingerprint density at radius 3 is 2.37 bits per heavy atom. The standard InChI is InChI=1S/C20H21F2N3O2/c21-18-4-1-14(9-19(18)22)17(10-23)13-5-7-24(8-6-13)20(26)25-15-2-3-16(25)12-27-11-15/h1,4,9,15-16H,2-3,5-8,11-12H2. The summed E-state index contributed by atoms with van der Waals surface area (Å²) < 4.78 is 32.2. The van der Waals surface area contributed by atoms with Crippen molar-refractivity contribution >= 4 is 11.6 Å². The Kier molecular flexibility index (Phi) is 4.83. The van der Waals surface area contributed by atoms with E-state index in [0.29, 0.717) is 50.3 Å². The number of hydrogen-bond acceptors (Lipinski definition) is 3. The number of ether oxygens (including phenoxy) is 1. The third-order valence-electron chi connectivity index (χ3n) is 5.77. The van der Waals surface area contributed by atoms with Crippen LogP contribution < -0.4 is 0 Å². The lowest BCUT2D eigenvalue weighted by atomic mass is 9.94. The summed E-state index contributed by atoms with van der Waals surface area (Å²) in [7, 11) is 0. The van der Waals surface area contributed by atoms with Crippen LogP contribution in [0, 0.1) is 23.0 Å². The van der Waals surface area contributed by atoms with E-state index in [4.69, 9.17) is 4.74 Å². The highest BCUT2D eigenvalue weighted by Gasteiger charge is 2.42. The summed E-state index contributed by atoms with van der Waals surface area (Å²) in [5.41, 5.74) is 1.65. The number of fused-ring (bicyclic) bond motifs is 2. The molecule has 2 atom stereocenters. The molecule has 142 valence electrons. The Morgan fingerprint density at radius 2 is 1.78 bits per heavy atom. The third kappa shape index (κ3) is 3.30. The van der Waals surface area contributed by atoms with Crippen LogP contribution in [0.5, 0.6) is 0 Å². The number of piperidine rings is 1. The molecule has 2 bridgehead atoms. The van der Waals surface area contributed by atoms with Gasteiger partial charge in [-0.25, -0.2) is 13.6 Å². The lowest BCUT2D eigenvalue weighted by Crippen LogP contribution is -2.55. The quantitative estimate of drug-likeness (QED) is 0.710. The van der Waals surface area contributed by atoms with Crippen molar-refractivity contribution in [2.24, 2.45) is 0 Å². The smallest absolute Gasteiger partial charge is 0.320 e. The van der Waals surface area contributed by atoms with Gasteiger partial charge in [-0.05, 0) is 49.0 Å². The summed E-state index contributed by atoms with van der Waals surface area (Å²) in [6.45, 7) is 2.27. The minimum Gasteiger partial charge on any atom is -0.377 e. The van der Waals surface area contributed by atoms with E-state index < -0.39 is 11.6 Å². The maximum Gasteiger partial charge on any atom is 0.320 e. The van der Waals surface area contributed by atoms with E-state index in [9.17, 15) is 18.8 Å². The van der Waals surface area contributed by atoms with Crippen molar-refractivity contribution in [2.75, 3.05) is 26.3 Å². The van der Waals surface area contributed by atoms with Gasteiger partial charge in [0.05, 0.1) is 36.9 Å². The Balaban J connectivity index is 1.47. The molecule has 4 rings (SSSR count). The molecule has 0 spiro atoms. The highest BCUT2D eigenvalue weighted by atomic mass is 19.2. The van der Waals surface area contributed by atoms with Gasteiger partial charge >= 0.3 is 6.03 Å². The normalized spacial score (nSPS) is 24.7. The molecule has 0 N–H and O–H groups in total. The second-order valence-electron chi connectivity index (χ2n) is 7.32. The van der Waals surface area contributed by atoms with E-state index in [2.05, 4.69) is 6.07 Å². The molecular formula is C20H21F2N3O2. The minimum absolute atomic E-state index is 0.0520. The van der Waals surface area contributed by atoms with E-state index in [0.717, 1.165) is 30.5 Å². The van der Waals surface area contributed by atoms with Crippen molar-refractivity contribution in [3.63, 3.8) is 0 Å². The van der Waals surface area contributed by atoms with Gasteiger partial charge in [0.25, 0.3) is 0 Å². The number of amides is 2. The number of morpholine rings is 1. The molecule has 0 radical (unpaired) electrons. The number of hydrogen-bond donors (Lipinski definition) is 0. The molecule has 1 aromatic rings. The summed E-state index contributed by atoms with van der Waals surface area (Å²) in [5.74, 6) is -1.89. The van der Waals surface area contributed by atoms with E-state index in [1.807, 2.05) is 9.80 Å². The number of allylic oxidation sites excluding steroid dienone is 1. The van der Waals surface area contributed by atoms with Crippen LogP contribution in [0.2, 0.25) is 0 Å². The SMILES string of the molecule is N#CC(=C1CCN(C(=O)N2C3CCC2COC3)CC1)c1ccc(F)c(F)c1. The molecular weight excluding hydrogens is 352 g/mol. The van der Waals surface area contributed by atoms with Crippen LogP contribution >= 0.6 is 0 Å². The number of benzene rings is 1. The Morgan fingerprint density at radius 1 is 1.11 bits per heavy atom. The molecule has 3 heterocycles. The third-order valence-corrected chi connectivity index (χ3v) is 5.77. The van der Waals surface area contributed by atoms with Crippen LogP contribution in [-0.4, -0.2) is 54.2 Å². The first-order valence-electron chi connectivity index (χ1n) is 9.31. The Hall–Kier alpha value is -2.46. The number of carbonyl (C=O) groups is 1. The minimum atomic E-state index is -0.962. The van der Waals surface area contributed by atoms with Crippen LogP contribution in [0.4, 0.5) is 13.6 Å². The van der Waals surface area contributed by atoms with E-state index in [1.54, 1.807) is 0 Å². The predicted molar refractivity (Wildman–Crippen MR) is 94.6 cm³/mol. The van der Waals surface area contributed by atoms with Crippen LogP contribution in [0.25, 0.3) is 5.57 Å². The fourth-order valence-electron chi connectivity index (χ4n) is 4.32. The molecule has 0 saturated carbocycles. The Labute approximate surface area is 156 Å². The van der Waals surface area contributed by atoms with Crippen molar-refractivity contribution in [2.45, 2.75) is 37.8 Å². The molecule has 5 nitrogen and oxygen atoms in total. The number of nitriles is 1. The number of rotatable bonds is 1. The van der Waals surface area contributed by atoms with Crippen molar-refractivity contribution in [3.05, 3.63) is 41.0 Å². The first-order valence-corrected chi connectivity index (χ1v) is 9.31. The van der Waals surface area contributed by atoms with E-state index in [-0.39, 0.29) is 18.1 Å². The highest BCUT2D eigenvalue weighted by Crippen LogP contribution is 2.32. The first kappa shape index (κ1) is 17.9. The molecule has 27 heavy (non-hydrogen) atoms. The molecule has 2 amide bonds. The zero-order chi connectivity index (χ0) is 19.0. The van der Waals surface area contributed by atoms with Gasteiger partial charge in [-0.3, -0.25) is 0 Å². The van der Waals surface area contributed by atoms with Crippen molar-refractivity contribution in [1.82, 2.24) is 9.80 Å². The molecule has 1 aromatic carbocycles. The van der Waals surface area contributed by atoms with E-state index >= 15 is 0 Å². The maximum atomic E-state index is 13.5. The second-order valence-corrected chi connectivity index (χ2v) is 7.32. The van der Waals surface area contributed by atoms with Gasteiger partial charge in [0.2, 0.25) is 0 Å². The van der Waals surface area contributed by atoms with Crippen LogP contribution in [0.1, 0.15) is 31.2 Å². The van der Waals surface area contributed by atoms with Crippen molar-refractivity contribution in [3.8, 4) is 6.07 Å². The molecule has 2 unspecified atom stereocenters.